The number of nitrogens with zero attached hydrogens (tertiary/aromatic N) is 1. The van der Waals surface area contributed by atoms with Gasteiger partial charge in [0.25, 0.3) is 0 Å². The van der Waals surface area contributed by atoms with E-state index in [1.807, 2.05) is 12.1 Å². The molecule has 3 heteroatoms. The van der Waals surface area contributed by atoms with Crippen LogP contribution in [-0.4, -0.2) is 22.2 Å². The molecule has 0 saturated heterocycles. The zero-order valence-electron chi connectivity index (χ0n) is 7.02. The molecule has 0 amide bonds. The van der Waals surface area contributed by atoms with Gasteiger partial charge in [-0.2, -0.15) is 0 Å². The number of rotatable bonds is 2. The number of hydrogen-bond acceptors (Lipinski definition) is 2. The van der Waals surface area contributed by atoms with Gasteiger partial charge in [0.05, 0.1) is 6.04 Å². The van der Waals surface area contributed by atoms with Gasteiger partial charge >= 0.3 is 0 Å². The Labute approximate surface area is 85.4 Å². The molecule has 2 unspecified atom stereocenters. The fraction of sp³-hybridized carbons (Fsp3) is 0.300. The highest BCUT2D eigenvalue weighted by Crippen LogP contribution is 2.33. The molecule has 0 aliphatic heterocycles. The largest absolute Gasteiger partial charge is 0.507 e. The van der Waals surface area contributed by atoms with Crippen molar-refractivity contribution >= 4 is 22.1 Å². The highest BCUT2D eigenvalue weighted by Gasteiger charge is 2.33. The van der Waals surface area contributed by atoms with Crippen LogP contribution in [0.1, 0.15) is 12.0 Å². The van der Waals surface area contributed by atoms with Gasteiger partial charge in [0.1, 0.15) is 5.75 Å². The number of para-hydroxylation sites is 1. The summed E-state index contributed by atoms with van der Waals surface area (Å²) in [4.78, 5) is 4.85. The van der Waals surface area contributed by atoms with E-state index in [-0.39, 0.29) is 5.75 Å². The van der Waals surface area contributed by atoms with E-state index in [4.69, 9.17) is 0 Å². The molecule has 0 aromatic heterocycles. The van der Waals surface area contributed by atoms with Gasteiger partial charge < -0.3 is 5.11 Å². The third-order valence-electron chi connectivity index (χ3n) is 2.02. The Morgan fingerprint density at radius 2 is 2.15 bits per heavy atom. The molecule has 1 aliphatic carbocycles. The number of phenolic OH excluding ortho intramolecular Hbond substituents is 1. The van der Waals surface area contributed by atoms with Crippen LogP contribution in [-0.2, 0) is 0 Å². The van der Waals surface area contributed by atoms with Gasteiger partial charge in [0.15, 0.2) is 0 Å². The molecule has 1 saturated carbocycles. The molecule has 1 aromatic carbocycles. The summed E-state index contributed by atoms with van der Waals surface area (Å²) in [6.07, 6.45) is 2.84. The van der Waals surface area contributed by atoms with Crippen LogP contribution >= 0.6 is 15.9 Å². The van der Waals surface area contributed by atoms with E-state index in [1.54, 1.807) is 18.3 Å². The van der Waals surface area contributed by atoms with Crippen molar-refractivity contribution in [2.24, 2.45) is 4.99 Å². The minimum absolute atomic E-state index is 0.290. The lowest BCUT2D eigenvalue weighted by Crippen LogP contribution is -1.85. The van der Waals surface area contributed by atoms with Gasteiger partial charge in [-0.25, -0.2) is 0 Å². The number of aromatic hydroxyl groups is 1. The van der Waals surface area contributed by atoms with Crippen molar-refractivity contribution in [2.45, 2.75) is 17.3 Å². The van der Waals surface area contributed by atoms with Crippen molar-refractivity contribution in [1.29, 1.82) is 0 Å². The van der Waals surface area contributed by atoms with Crippen molar-refractivity contribution in [2.75, 3.05) is 0 Å². The van der Waals surface area contributed by atoms with Gasteiger partial charge in [0.2, 0.25) is 0 Å². The van der Waals surface area contributed by atoms with Crippen molar-refractivity contribution in [3.63, 3.8) is 0 Å². The van der Waals surface area contributed by atoms with Crippen molar-refractivity contribution in [1.82, 2.24) is 0 Å². The second kappa shape index (κ2) is 3.50. The fourth-order valence-corrected chi connectivity index (χ4v) is 1.60. The summed E-state index contributed by atoms with van der Waals surface area (Å²) in [5.74, 6) is 0.290. The molecule has 1 N–H and O–H groups in total. The second-order valence-electron chi connectivity index (χ2n) is 3.16. The van der Waals surface area contributed by atoms with E-state index in [1.165, 1.54) is 0 Å². The number of phenols is 1. The number of benzene rings is 1. The van der Waals surface area contributed by atoms with Crippen LogP contribution in [0.15, 0.2) is 29.3 Å². The number of hydrogen-bond donors (Lipinski definition) is 1. The summed E-state index contributed by atoms with van der Waals surface area (Å²) in [6, 6.07) is 7.61. The molecule has 0 heterocycles. The summed E-state index contributed by atoms with van der Waals surface area (Å²) >= 11 is 3.46. The lowest BCUT2D eigenvalue weighted by molar-refractivity contribution is 0.474. The van der Waals surface area contributed by atoms with Crippen LogP contribution in [0, 0.1) is 0 Å². The van der Waals surface area contributed by atoms with E-state index in [9.17, 15) is 5.11 Å². The molecule has 2 rings (SSSR count). The number of alkyl halides is 1. The molecule has 1 aromatic rings. The Morgan fingerprint density at radius 3 is 2.77 bits per heavy atom. The monoisotopic (exact) mass is 239 g/mol. The van der Waals surface area contributed by atoms with Gasteiger partial charge in [-0.1, -0.05) is 28.1 Å². The highest BCUT2D eigenvalue weighted by atomic mass is 79.9. The minimum Gasteiger partial charge on any atom is -0.507 e. The van der Waals surface area contributed by atoms with Crippen LogP contribution in [0.3, 0.4) is 0 Å². The average Bonchev–Trinajstić information content (AvgIpc) is 2.81. The Balaban J connectivity index is 2.09. The van der Waals surface area contributed by atoms with E-state index in [0.29, 0.717) is 10.9 Å². The van der Waals surface area contributed by atoms with Gasteiger partial charge in [-0.05, 0) is 18.6 Å². The topological polar surface area (TPSA) is 32.6 Å². The predicted octanol–water partition coefficient (Wildman–Crippen LogP) is 2.35. The summed E-state index contributed by atoms with van der Waals surface area (Å²) < 4.78 is 0. The molecular weight excluding hydrogens is 230 g/mol. The number of aliphatic imine (C=N–C) groups is 1. The fourth-order valence-electron chi connectivity index (χ4n) is 1.08. The molecule has 68 valence electrons. The Hall–Kier alpha value is -0.830. The van der Waals surface area contributed by atoms with Crippen LogP contribution in [0.4, 0.5) is 0 Å². The SMILES string of the molecule is Oc1ccccc1C=NC1CC1Br. The van der Waals surface area contributed by atoms with Gasteiger partial charge in [-0.15, -0.1) is 0 Å². The lowest BCUT2D eigenvalue weighted by Gasteiger charge is -1.95. The van der Waals surface area contributed by atoms with Crippen molar-refractivity contribution in [3.05, 3.63) is 29.8 Å². The molecule has 2 nitrogen and oxygen atoms in total. The minimum atomic E-state index is 0.290. The van der Waals surface area contributed by atoms with Gasteiger partial charge in [-0.3, -0.25) is 4.99 Å². The first-order chi connectivity index (χ1) is 6.27. The normalized spacial score (nSPS) is 26.5. The quantitative estimate of drug-likeness (QED) is 0.624. The van der Waals surface area contributed by atoms with Crippen LogP contribution in [0.25, 0.3) is 0 Å². The summed E-state index contributed by atoms with van der Waals surface area (Å²) in [6.45, 7) is 0. The van der Waals surface area contributed by atoms with Crippen LogP contribution in [0.2, 0.25) is 0 Å². The van der Waals surface area contributed by atoms with Crippen molar-refractivity contribution < 1.29 is 5.11 Å². The van der Waals surface area contributed by atoms with Crippen molar-refractivity contribution in [3.8, 4) is 5.75 Å². The Bertz CT molecular complexity index is 337. The molecule has 13 heavy (non-hydrogen) atoms. The van der Waals surface area contributed by atoms with E-state index in [2.05, 4.69) is 20.9 Å². The van der Waals surface area contributed by atoms with Crippen LogP contribution in [0.5, 0.6) is 5.75 Å². The first-order valence-corrected chi connectivity index (χ1v) is 5.14. The molecule has 0 bridgehead atoms. The highest BCUT2D eigenvalue weighted by molar-refractivity contribution is 9.09. The van der Waals surface area contributed by atoms with Crippen LogP contribution < -0.4 is 0 Å². The molecule has 1 fully saturated rings. The third-order valence-corrected chi connectivity index (χ3v) is 3.01. The molecule has 2 atom stereocenters. The third kappa shape index (κ3) is 2.10. The zero-order chi connectivity index (χ0) is 9.26. The average molecular weight is 240 g/mol. The lowest BCUT2D eigenvalue weighted by atomic mass is 10.2. The molecule has 1 aliphatic rings. The standard InChI is InChI=1S/C10H10BrNO/c11-8-5-9(8)12-6-7-3-1-2-4-10(7)13/h1-4,6,8-9,13H,5H2. The molecular formula is C10H10BrNO. The smallest absolute Gasteiger partial charge is 0.124 e. The number of halogens is 1. The maximum absolute atomic E-state index is 9.41. The molecule has 0 spiro atoms. The maximum Gasteiger partial charge on any atom is 0.124 e. The summed E-state index contributed by atoms with van der Waals surface area (Å²) in [7, 11) is 0. The maximum atomic E-state index is 9.41. The molecule has 0 radical (unpaired) electrons. The van der Waals surface area contributed by atoms with E-state index >= 15 is 0 Å². The summed E-state index contributed by atoms with van der Waals surface area (Å²) in [5, 5.41) is 9.41. The predicted molar refractivity (Wildman–Crippen MR) is 56.8 cm³/mol. The van der Waals surface area contributed by atoms with Gasteiger partial charge in [0, 0.05) is 16.6 Å². The van der Waals surface area contributed by atoms with E-state index < -0.39 is 0 Å². The Morgan fingerprint density at radius 1 is 1.46 bits per heavy atom. The second-order valence-corrected chi connectivity index (χ2v) is 4.33. The Kier molecular flexibility index (Phi) is 2.36. The first-order valence-electron chi connectivity index (χ1n) is 4.22. The zero-order valence-corrected chi connectivity index (χ0v) is 8.61. The first kappa shape index (κ1) is 8.75. The summed E-state index contributed by atoms with van der Waals surface area (Å²) in [5.41, 5.74) is 0.786. The van der Waals surface area contributed by atoms with E-state index in [0.717, 1.165) is 12.0 Å².